The molecule has 2 rings (SSSR count). The Labute approximate surface area is 198 Å². The fourth-order valence-corrected chi connectivity index (χ4v) is 4.16. The summed E-state index contributed by atoms with van der Waals surface area (Å²) in [4.78, 5) is 38.3. The summed E-state index contributed by atoms with van der Waals surface area (Å²) in [6, 6.07) is 8.72. The van der Waals surface area contributed by atoms with Crippen LogP contribution in [-0.4, -0.2) is 35.2 Å². The van der Waals surface area contributed by atoms with Gasteiger partial charge in [-0.15, -0.1) is 0 Å². The second kappa shape index (κ2) is 12.1. The van der Waals surface area contributed by atoms with Crippen LogP contribution in [0.2, 0.25) is 0 Å². The summed E-state index contributed by atoms with van der Waals surface area (Å²) in [6.45, 7) is 9.58. The predicted molar refractivity (Wildman–Crippen MR) is 127 cm³/mol. The summed E-state index contributed by atoms with van der Waals surface area (Å²) >= 11 is 0. The maximum absolute atomic E-state index is 13.0. The van der Waals surface area contributed by atoms with Gasteiger partial charge in [0.15, 0.2) is 0 Å². The van der Waals surface area contributed by atoms with E-state index >= 15 is 0 Å². The van der Waals surface area contributed by atoms with Crippen LogP contribution in [0.4, 0.5) is 4.79 Å². The molecule has 1 unspecified atom stereocenters. The SMILES string of the molecule is CC(C)CC(NC(=O)CC1(NC(=O)OC(C)(C)C)CCCCC1)C(=O)OCc1ccccc1. The number of nitrogens with one attached hydrogen (secondary N) is 2. The van der Waals surface area contributed by atoms with Crippen LogP contribution in [-0.2, 0) is 25.7 Å². The largest absolute Gasteiger partial charge is 0.459 e. The molecule has 0 spiro atoms. The fourth-order valence-electron chi connectivity index (χ4n) is 4.16. The summed E-state index contributed by atoms with van der Waals surface area (Å²) in [5.41, 5.74) is -0.392. The Kier molecular flexibility index (Phi) is 9.74. The Morgan fingerprint density at radius 1 is 1.03 bits per heavy atom. The average molecular weight is 461 g/mol. The smallest absolute Gasteiger partial charge is 0.408 e. The van der Waals surface area contributed by atoms with E-state index in [1.165, 1.54) is 0 Å². The van der Waals surface area contributed by atoms with E-state index in [1.54, 1.807) is 0 Å². The maximum atomic E-state index is 13.0. The van der Waals surface area contributed by atoms with Gasteiger partial charge in [-0.1, -0.05) is 63.4 Å². The molecule has 1 aromatic rings. The molecular weight excluding hydrogens is 420 g/mol. The lowest BCUT2D eigenvalue weighted by Gasteiger charge is -2.38. The average Bonchev–Trinajstić information content (AvgIpc) is 2.70. The molecule has 1 fully saturated rings. The van der Waals surface area contributed by atoms with Gasteiger partial charge in [0, 0.05) is 6.42 Å². The highest BCUT2D eigenvalue weighted by atomic mass is 16.6. The van der Waals surface area contributed by atoms with Crippen LogP contribution in [0.1, 0.15) is 85.1 Å². The van der Waals surface area contributed by atoms with Gasteiger partial charge in [0.2, 0.25) is 5.91 Å². The Morgan fingerprint density at radius 3 is 2.24 bits per heavy atom. The minimum atomic E-state index is -0.733. The summed E-state index contributed by atoms with van der Waals surface area (Å²) in [6.07, 6.45) is 4.40. The molecule has 0 aliphatic heterocycles. The van der Waals surface area contributed by atoms with Crippen molar-refractivity contribution >= 4 is 18.0 Å². The number of benzene rings is 1. The van der Waals surface area contributed by atoms with Crippen LogP contribution in [0, 0.1) is 5.92 Å². The number of amides is 2. The first kappa shape index (κ1) is 26.7. The molecule has 0 bridgehead atoms. The monoisotopic (exact) mass is 460 g/mol. The van der Waals surface area contributed by atoms with E-state index in [9.17, 15) is 14.4 Å². The number of ether oxygens (including phenoxy) is 2. The number of hydrogen-bond acceptors (Lipinski definition) is 5. The number of carbonyl (C=O) groups is 3. The van der Waals surface area contributed by atoms with Crippen molar-refractivity contribution in [1.82, 2.24) is 10.6 Å². The number of alkyl carbamates (subject to hydrolysis) is 1. The number of rotatable bonds is 9. The number of hydrogen-bond donors (Lipinski definition) is 2. The standard InChI is InChI=1S/C26H40N2O5/c1-19(2)16-21(23(30)32-18-20-12-8-6-9-13-20)27-22(29)17-26(14-10-7-11-15-26)28-24(31)33-25(3,4)5/h6,8-9,12-13,19,21H,7,10-11,14-18H2,1-5H3,(H,27,29)(H,28,31). The minimum Gasteiger partial charge on any atom is -0.459 e. The first-order valence-corrected chi connectivity index (χ1v) is 12.0. The maximum Gasteiger partial charge on any atom is 0.408 e. The Balaban J connectivity index is 2.02. The molecule has 184 valence electrons. The molecule has 0 aromatic heterocycles. The van der Waals surface area contributed by atoms with Crippen LogP contribution in [0.15, 0.2) is 30.3 Å². The highest BCUT2D eigenvalue weighted by Gasteiger charge is 2.38. The Morgan fingerprint density at radius 2 is 1.67 bits per heavy atom. The van der Waals surface area contributed by atoms with Crippen LogP contribution >= 0.6 is 0 Å². The van der Waals surface area contributed by atoms with Gasteiger partial charge in [-0.25, -0.2) is 9.59 Å². The van der Waals surface area contributed by atoms with Gasteiger partial charge in [0.05, 0.1) is 5.54 Å². The van der Waals surface area contributed by atoms with E-state index in [2.05, 4.69) is 10.6 Å². The van der Waals surface area contributed by atoms with Crippen molar-refractivity contribution in [3.05, 3.63) is 35.9 Å². The normalized spacial score (nSPS) is 16.5. The van der Waals surface area contributed by atoms with E-state index in [4.69, 9.17) is 9.47 Å². The summed E-state index contributed by atoms with van der Waals surface area (Å²) in [7, 11) is 0. The lowest BCUT2D eigenvalue weighted by molar-refractivity contribution is -0.149. The van der Waals surface area contributed by atoms with Crippen molar-refractivity contribution < 1.29 is 23.9 Å². The van der Waals surface area contributed by atoms with E-state index in [1.807, 2.05) is 65.0 Å². The van der Waals surface area contributed by atoms with Gasteiger partial charge >= 0.3 is 12.1 Å². The van der Waals surface area contributed by atoms with Crippen LogP contribution in [0.3, 0.4) is 0 Å². The van der Waals surface area contributed by atoms with E-state index in [0.29, 0.717) is 19.3 Å². The van der Waals surface area contributed by atoms with Gasteiger partial charge in [0.1, 0.15) is 18.2 Å². The molecule has 33 heavy (non-hydrogen) atoms. The molecular formula is C26H40N2O5. The second-order valence-corrected chi connectivity index (χ2v) is 10.5. The van der Waals surface area contributed by atoms with Crippen LogP contribution < -0.4 is 10.6 Å². The van der Waals surface area contributed by atoms with Gasteiger partial charge in [0.25, 0.3) is 0 Å². The third-order valence-electron chi connectivity index (χ3n) is 5.63. The van der Waals surface area contributed by atoms with Crippen molar-refractivity contribution in [2.75, 3.05) is 0 Å². The molecule has 2 amide bonds. The molecule has 1 saturated carbocycles. The van der Waals surface area contributed by atoms with Gasteiger partial charge in [-0.2, -0.15) is 0 Å². The molecule has 7 heteroatoms. The molecule has 0 heterocycles. The zero-order chi connectivity index (χ0) is 24.5. The fraction of sp³-hybridized carbons (Fsp3) is 0.654. The van der Waals surface area contributed by atoms with Crippen molar-refractivity contribution in [2.45, 2.75) is 103 Å². The van der Waals surface area contributed by atoms with Crippen molar-refractivity contribution in [1.29, 1.82) is 0 Å². The van der Waals surface area contributed by atoms with Crippen LogP contribution in [0.5, 0.6) is 0 Å². The minimum absolute atomic E-state index is 0.104. The second-order valence-electron chi connectivity index (χ2n) is 10.5. The molecule has 1 atom stereocenters. The van der Waals surface area contributed by atoms with E-state index in [-0.39, 0.29) is 24.9 Å². The molecule has 2 N–H and O–H groups in total. The topological polar surface area (TPSA) is 93.7 Å². The molecule has 0 saturated heterocycles. The van der Waals surface area contributed by atoms with E-state index < -0.39 is 29.2 Å². The van der Waals surface area contributed by atoms with Crippen molar-refractivity contribution in [2.24, 2.45) is 5.92 Å². The third-order valence-corrected chi connectivity index (χ3v) is 5.63. The zero-order valence-corrected chi connectivity index (χ0v) is 20.7. The zero-order valence-electron chi connectivity index (χ0n) is 20.7. The third kappa shape index (κ3) is 9.84. The highest BCUT2D eigenvalue weighted by molar-refractivity contribution is 5.85. The van der Waals surface area contributed by atoms with Crippen molar-refractivity contribution in [3.8, 4) is 0 Å². The summed E-state index contributed by atoms with van der Waals surface area (Å²) in [5.74, 6) is -0.517. The lowest BCUT2D eigenvalue weighted by Crippen LogP contribution is -2.54. The Bertz CT molecular complexity index is 780. The number of esters is 1. The summed E-state index contributed by atoms with van der Waals surface area (Å²) in [5, 5.41) is 5.84. The molecule has 1 aliphatic rings. The first-order valence-electron chi connectivity index (χ1n) is 12.0. The van der Waals surface area contributed by atoms with Gasteiger partial charge in [-0.3, -0.25) is 4.79 Å². The predicted octanol–water partition coefficient (Wildman–Crippen LogP) is 4.88. The Hall–Kier alpha value is -2.57. The van der Waals surface area contributed by atoms with Crippen LogP contribution in [0.25, 0.3) is 0 Å². The quantitative estimate of drug-likeness (QED) is 0.512. The summed E-state index contributed by atoms with van der Waals surface area (Å²) < 4.78 is 10.9. The molecule has 1 aromatic carbocycles. The van der Waals surface area contributed by atoms with Crippen molar-refractivity contribution in [3.63, 3.8) is 0 Å². The van der Waals surface area contributed by atoms with Gasteiger partial charge in [-0.05, 0) is 51.5 Å². The number of carbonyl (C=O) groups excluding carboxylic acids is 3. The molecule has 0 radical (unpaired) electrons. The van der Waals surface area contributed by atoms with Gasteiger partial charge < -0.3 is 20.1 Å². The first-order chi connectivity index (χ1) is 15.5. The lowest BCUT2D eigenvalue weighted by atomic mass is 9.79. The van der Waals surface area contributed by atoms with E-state index in [0.717, 1.165) is 24.8 Å². The highest BCUT2D eigenvalue weighted by Crippen LogP contribution is 2.31. The molecule has 1 aliphatic carbocycles. The molecule has 7 nitrogen and oxygen atoms in total.